The molecule has 1 N–H and O–H groups in total. The van der Waals surface area contributed by atoms with Crippen LogP contribution < -0.4 is 5.32 Å². The predicted molar refractivity (Wildman–Crippen MR) is 105 cm³/mol. The molecule has 0 spiro atoms. The molecule has 0 radical (unpaired) electrons. The highest BCUT2D eigenvalue weighted by molar-refractivity contribution is 7.98. The van der Waals surface area contributed by atoms with Gasteiger partial charge in [-0.15, -0.1) is 16.9 Å². The number of hydrogen-bond donors (Lipinski definition) is 1. The summed E-state index contributed by atoms with van der Waals surface area (Å²) in [5.41, 5.74) is 2.58. The van der Waals surface area contributed by atoms with Crippen LogP contribution in [0, 0.1) is 0 Å². The van der Waals surface area contributed by atoms with E-state index < -0.39 is 0 Å². The summed E-state index contributed by atoms with van der Waals surface area (Å²) in [6.45, 7) is 6.40. The quantitative estimate of drug-likeness (QED) is 0.657. The average molecular weight is 367 g/mol. The van der Waals surface area contributed by atoms with Gasteiger partial charge >= 0.3 is 6.01 Å². The van der Waals surface area contributed by atoms with E-state index >= 15 is 0 Å². The van der Waals surface area contributed by atoms with E-state index in [9.17, 15) is 4.79 Å². The van der Waals surface area contributed by atoms with E-state index in [1.165, 1.54) is 5.56 Å². The number of aromatic nitrogens is 2. The maximum absolute atomic E-state index is 12.4. The van der Waals surface area contributed by atoms with Crippen molar-refractivity contribution in [3.05, 3.63) is 59.7 Å². The minimum absolute atomic E-state index is 0.0434. The SMILES string of the molecule is CSc1cccc(-c2nnc(NC(=O)c3ccc(C(C)(C)C)cc3)o2)c1. The van der Waals surface area contributed by atoms with E-state index in [1.807, 2.05) is 42.7 Å². The van der Waals surface area contributed by atoms with Crippen LogP contribution >= 0.6 is 11.8 Å². The predicted octanol–water partition coefficient (Wildman–Crippen LogP) is 5.01. The molecule has 2 aromatic carbocycles. The fraction of sp³-hybridized carbons (Fsp3) is 0.250. The summed E-state index contributed by atoms with van der Waals surface area (Å²) in [5, 5.41) is 10.6. The summed E-state index contributed by atoms with van der Waals surface area (Å²) in [6.07, 6.45) is 2.00. The van der Waals surface area contributed by atoms with Crippen LogP contribution in [0.15, 0.2) is 57.8 Å². The van der Waals surface area contributed by atoms with Gasteiger partial charge in [-0.25, -0.2) is 0 Å². The van der Waals surface area contributed by atoms with Crippen LogP contribution in [0.5, 0.6) is 0 Å². The zero-order valence-corrected chi connectivity index (χ0v) is 16.1. The first-order valence-corrected chi connectivity index (χ1v) is 9.49. The summed E-state index contributed by atoms with van der Waals surface area (Å²) < 4.78 is 5.58. The Labute approximate surface area is 157 Å². The standard InChI is InChI=1S/C20H21N3O2S/c1-20(2,3)15-10-8-13(9-11-15)17(24)21-19-23-22-18(25-19)14-6-5-7-16(12-14)26-4/h5-12H,1-4H3,(H,21,23,24). The number of benzene rings is 2. The lowest BCUT2D eigenvalue weighted by Gasteiger charge is -2.18. The van der Waals surface area contributed by atoms with E-state index in [1.54, 1.807) is 23.9 Å². The highest BCUT2D eigenvalue weighted by Gasteiger charge is 2.16. The van der Waals surface area contributed by atoms with Gasteiger partial charge in [-0.05, 0) is 47.6 Å². The van der Waals surface area contributed by atoms with E-state index in [0.29, 0.717) is 11.5 Å². The zero-order valence-electron chi connectivity index (χ0n) is 15.2. The Morgan fingerprint density at radius 3 is 2.46 bits per heavy atom. The highest BCUT2D eigenvalue weighted by atomic mass is 32.2. The Morgan fingerprint density at radius 2 is 1.81 bits per heavy atom. The molecule has 0 aliphatic rings. The van der Waals surface area contributed by atoms with Gasteiger partial charge in [-0.2, -0.15) is 0 Å². The van der Waals surface area contributed by atoms with Crippen LogP contribution in [0.4, 0.5) is 6.01 Å². The van der Waals surface area contributed by atoms with Crippen molar-refractivity contribution in [1.82, 2.24) is 10.2 Å². The summed E-state index contributed by atoms with van der Waals surface area (Å²) in [4.78, 5) is 13.5. The Bertz CT molecular complexity index is 911. The Kier molecular flexibility index (Phi) is 5.13. The van der Waals surface area contributed by atoms with Gasteiger partial charge in [0.1, 0.15) is 0 Å². The van der Waals surface area contributed by atoms with Gasteiger partial charge in [-0.1, -0.05) is 44.1 Å². The summed E-state index contributed by atoms with van der Waals surface area (Å²) in [6, 6.07) is 15.4. The molecule has 1 amide bonds. The van der Waals surface area contributed by atoms with Crippen molar-refractivity contribution in [2.45, 2.75) is 31.1 Å². The molecule has 3 rings (SSSR count). The monoisotopic (exact) mass is 367 g/mol. The van der Waals surface area contributed by atoms with Crippen molar-refractivity contribution in [3.8, 4) is 11.5 Å². The van der Waals surface area contributed by atoms with Crippen LogP contribution in [0.25, 0.3) is 11.5 Å². The molecule has 0 atom stereocenters. The highest BCUT2D eigenvalue weighted by Crippen LogP contribution is 2.25. The number of amides is 1. The first-order valence-electron chi connectivity index (χ1n) is 8.26. The second-order valence-corrected chi connectivity index (χ2v) is 7.81. The number of thioether (sulfide) groups is 1. The number of anilines is 1. The smallest absolute Gasteiger partial charge is 0.322 e. The normalized spacial score (nSPS) is 11.4. The third-order valence-corrected chi connectivity index (χ3v) is 4.70. The fourth-order valence-electron chi connectivity index (χ4n) is 2.44. The third-order valence-electron chi connectivity index (χ3n) is 3.98. The molecule has 0 aliphatic heterocycles. The average Bonchev–Trinajstić information content (AvgIpc) is 3.09. The molecule has 3 aromatic rings. The minimum Gasteiger partial charge on any atom is -0.403 e. The fourth-order valence-corrected chi connectivity index (χ4v) is 2.90. The van der Waals surface area contributed by atoms with Gasteiger partial charge in [0.05, 0.1) is 0 Å². The maximum Gasteiger partial charge on any atom is 0.322 e. The van der Waals surface area contributed by atoms with E-state index in [0.717, 1.165) is 10.5 Å². The molecule has 0 fully saturated rings. The van der Waals surface area contributed by atoms with Gasteiger partial charge < -0.3 is 4.42 Å². The molecule has 0 saturated carbocycles. The molecule has 0 bridgehead atoms. The first kappa shape index (κ1) is 18.2. The molecule has 1 aromatic heterocycles. The van der Waals surface area contributed by atoms with Crippen LogP contribution in [0.3, 0.4) is 0 Å². The molecule has 1 heterocycles. The lowest BCUT2D eigenvalue weighted by Crippen LogP contribution is -2.14. The molecular weight excluding hydrogens is 346 g/mol. The van der Waals surface area contributed by atoms with Crippen molar-refractivity contribution in [1.29, 1.82) is 0 Å². The largest absolute Gasteiger partial charge is 0.403 e. The van der Waals surface area contributed by atoms with Gasteiger partial charge in [0, 0.05) is 16.0 Å². The van der Waals surface area contributed by atoms with E-state index in [4.69, 9.17) is 4.42 Å². The third kappa shape index (κ3) is 4.14. The van der Waals surface area contributed by atoms with Gasteiger partial charge in [-0.3, -0.25) is 10.1 Å². The first-order chi connectivity index (χ1) is 12.4. The van der Waals surface area contributed by atoms with Gasteiger partial charge in [0.15, 0.2) is 0 Å². The van der Waals surface area contributed by atoms with Crippen LogP contribution in [0.1, 0.15) is 36.7 Å². The maximum atomic E-state index is 12.4. The number of hydrogen-bond acceptors (Lipinski definition) is 5. The van der Waals surface area contributed by atoms with Crippen molar-refractivity contribution >= 4 is 23.7 Å². The van der Waals surface area contributed by atoms with Crippen LogP contribution in [0.2, 0.25) is 0 Å². The number of carbonyl (C=O) groups excluding carboxylic acids is 1. The number of nitrogens with one attached hydrogen (secondary N) is 1. The molecular formula is C20H21N3O2S. The summed E-state index contributed by atoms with van der Waals surface area (Å²) in [7, 11) is 0. The number of nitrogens with zero attached hydrogens (tertiary/aromatic N) is 2. The van der Waals surface area contributed by atoms with Crippen molar-refractivity contribution < 1.29 is 9.21 Å². The molecule has 0 saturated heterocycles. The topological polar surface area (TPSA) is 68.0 Å². The lowest BCUT2D eigenvalue weighted by atomic mass is 9.87. The van der Waals surface area contributed by atoms with E-state index in [2.05, 4.69) is 36.3 Å². The Hall–Kier alpha value is -2.60. The van der Waals surface area contributed by atoms with Crippen molar-refractivity contribution in [3.63, 3.8) is 0 Å². The zero-order chi connectivity index (χ0) is 18.7. The summed E-state index contributed by atoms with van der Waals surface area (Å²) >= 11 is 1.64. The molecule has 0 unspecified atom stereocenters. The number of rotatable bonds is 4. The molecule has 26 heavy (non-hydrogen) atoms. The number of carbonyl (C=O) groups is 1. The lowest BCUT2D eigenvalue weighted by molar-refractivity contribution is 0.102. The van der Waals surface area contributed by atoms with E-state index in [-0.39, 0.29) is 17.3 Å². The molecule has 6 heteroatoms. The molecule has 0 aliphatic carbocycles. The Balaban J connectivity index is 1.73. The Morgan fingerprint density at radius 1 is 1.08 bits per heavy atom. The second-order valence-electron chi connectivity index (χ2n) is 6.93. The van der Waals surface area contributed by atoms with Gasteiger partial charge in [0.2, 0.25) is 5.89 Å². The second kappa shape index (κ2) is 7.33. The minimum atomic E-state index is -0.279. The van der Waals surface area contributed by atoms with Crippen molar-refractivity contribution in [2.75, 3.05) is 11.6 Å². The molecule has 5 nitrogen and oxygen atoms in total. The summed E-state index contributed by atoms with van der Waals surface area (Å²) in [5.74, 6) is 0.0952. The van der Waals surface area contributed by atoms with Crippen LogP contribution in [-0.4, -0.2) is 22.4 Å². The van der Waals surface area contributed by atoms with Crippen LogP contribution in [-0.2, 0) is 5.41 Å². The molecule has 134 valence electrons. The van der Waals surface area contributed by atoms with Crippen molar-refractivity contribution in [2.24, 2.45) is 0 Å². The van der Waals surface area contributed by atoms with Gasteiger partial charge in [0.25, 0.3) is 5.91 Å².